The average molecular weight is 282 g/mol. The van der Waals surface area contributed by atoms with Gasteiger partial charge in [-0.15, -0.1) is 0 Å². The van der Waals surface area contributed by atoms with Crippen LogP contribution in [0.15, 0.2) is 18.2 Å². The van der Waals surface area contributed by atoms with Crippen LogP contribution in [-0.4, -0.2) is 44.0 Å². The largest absolute Gasteiger partial charge is 0.368 e. The summed E-state index contributed by atoms with van der Waals surface area (Å²) in [7, 11) is 1.94. The first kappa shape index (κ1) is 14.2. The number of nitrogens with zero attached hydrogens (tertiary/aromatic N) is 2. The second-order valence-corrected chi connectivity index (χ2v) is 5.23. The lowest BCUT2D eigenvalue weighted by Gasteiger charge is -2.36. The summed E-state index contributed by atoms with van der Waals surface area (Å²) < 4.78 is 0. The zero-order valence-electron chi connectivity index (χ0n) is 11.4. The van der Waals surface area contributed by atoms with Crippen molar-refractivity contribution >= 4 is 23.2 Å². The number of benzene rings is 1. The topological polar surface area (TPSA) is 35.6 Å². The minimum atomic E-state index is 0.154. The molecule has 1 aromatic carbocycles. The minimum absolute atomic E-state index is 0.154. The van der Waals surface area contributed by atoms with Gasteiger partial charge in [0, 0.05) is 50.4 Å². The number of hydrogen-bond donors (Lipinski definition) is 1. The first-order valence-corrected chi connectivity index (χ1v) is 6.93. The van der Waals surface area contributed by atoms with Gasteiger partial charge in [-0.3, -0.25) is 4.79 Å². The number of hydrogen-bond acceptors (Lipinski definition) is 3. The van der Waals surface area contributed by atoms with Crippen LogP contribution in [0.1, 0.15) is 12.5 Å². The first-order chi connectivity index (χ1) is 9.11. The van der Waals surface area contributed by atoms with Gasteiger partial charge in [-0.2, -0.15) is 0 Å². The second kappa shape index (κ2) is 6.26. The van der Waals surface area contributed by atoms with Gasteiger partial charge in [0.15, 0.2) is 0 Å². The standard InChI is InChI=1S/C14H20ClN3O/c1-11(19)17-5-7-18(8-6-17)14-9-13(15)4-3-12(14)10-16-2/h3-4,9,16H,5-8,10H2,1-2H3. The molecule has 4 nitrogen and oxygen atoms in total. The lowest BCUT2D eigenvalue weighted by Crippen LogP contribution is -2.48. The summed E-state index contributed by atoms with van der Waals surface area (Å²) in [6.07, 6.45) is 0. The zero-order chi connectivity index (χ0) is 13.8. The molecule has 0 spiro atoms. The molecule has 1 fully saturated rings. The van der Waals surface area contributed by atoms with Gasteiger partial charge in [0.25, 0.3) is 0 Å². The maximum Gasteiger partial charge on any atom is 0.219 e. The predicted octanol–water partition coefficient (Wildman–Crippen LogP) is 1.73. The molecule has 0 aromatic heterocycles. The SMILES string of the molecule is CNCc1ccc(Cl)cc1N1CCN(C(C)=O)CC1. The van der Waals surface area contributed by atoms with Crippen LogP contribution < -0.4 is 10.2 Å². The Morgan fingerprint density at radius 1 is 1.32 bits per heavy atom. The first-order valence-electron chi connectivity index (χ1n) is 6.55. The summed E-state index contributed by atoms with van der Waals surface area (Å²) in [6, 6.07) is 5.99. The highest BCUT2D eigenvalue weighted by Crippen LogP contribution is 2.26. The van der Waals surface area contributed by atoms with E-state index in [0.29, 0.717) is 0 Å². The molecule has 1 N–H and O–H groups in total. The van der Waals surface area contributed by atoms with Gasteiger partial charge < -0.3 is 15.1 Å². The molecule has 1 amide bonds. The number of nitrogens with one attached hydrogen (secondary N) is 1. The molecule has 0 bridgehead atoms. The van der Waals surface area contributed by atoms with Gasteiger partial charge in [0.1, 0.15) is 0 Å². The average Bonchev–Trinajstić information content (AvgIpc) is 2.41. The van der Waals surface area contributed by atoms with E-state index >= 15 is 0 Å². The lowest BCUT2D eigenvalue weighted by molar-refractivity contribution is -0.129. The van der Waals surface area contributed by atoms with E-state index < -0.39 is 0 Å². The number of anilines is 1. The monoisotopic (exact) mass is 281 g/mol. The van der Waals surface area contributed by atoms with Crippen LogP contribution in [0.2, 0.25) is 5.02 Å². The van der Waals surface area contributed by atoms with Crippen molar-refractivity contribution in [3.8, 4) is 0 Å². The Kier molecular flexibility index (Phi) is 4.66. The molecule has 0 unspecified atom stereocenters. The summed E-state index contributed by atoms with van der Waals surface area (Å²) >= 11 is 6.10. The fourth-order valence-corrected chi connectivity index (χ4v) is 2.60. The third-order valence-corrected chi connectivity index (χ3v) is 3.72. The van der Waals surface area contributed by atoms with Crippen LogP contribution in [0.5, 0.6) is 0 Å². The summed E-state index contributed by atoms with van der Waals surface area (Å²) in [6.45, 7) is 5.72. The Morgan fingerprint density at radius 3 is 2.58 bits per heavy atom. The van der Waals surface area contributed by atoms with Crippen LogP contribution in [0.4, 0.5) is 5.69 Å². The van der Waals surface area contributed by atoms with Crippen LogP contribution in [0, 0.1) is 0 Å². The third-order valence-electron chi connectivity index (χ3n) is 3.48. The Morgan fingerprint density at radius 2 is 2.00 bits per heavy atom. The molecule has 0 saturated carbocycles. The van der Waals surface area contributed by atoms with E-state index in [1.165, 1.54) is 11.3 Å². The van der Waals surface area contributed by atoms with Gasteiger partial charge >= 0.3 is 0 Å². The quantitative estimate of drug-likeness (QED) is 0.917. The normalized spacial score (nSPS) is 15.7. The fourth-order valence-electron chi connectivity index (χ4n) is 2.43. The van der Waals surface area contributed by atoms with Gasteiger partial charge in [-0.25, -0.2) is 0 Å². The maximum atomic E-state index is 11.3. The van der Waals surface area contributed by atoms with E-state index in [0.717, 1.165) is 37.7 Å². The van der Waals surface area contributed by atoms with Crippen molar-refractivity contribution in [2.24, 2.45) is 0 Å². The molecular formula is C14H20ClN3O. The number of halogens is 1. The number of piperazine rings is 1. The smallest absolute Gasteiger partial charge is 0.219 e. The van der Waals surface area contributed by atoms with Gasteiger partial charge in [0.2, 0.25) is 5.91 Å². The lowest BCUT2D eigenvalue weighted by atomic mass is 10.1. The van der Waals surface area contributed by atoms with Crippen molar-refractivity contribution in [2.45, 2.75) is 13.5 Å². The van der Waals surface area contributed by atoms with E-state index in [1.54, 1.807) is 6.92 Å². The molecule has 1 saturated heterocycles. The number of rotatable bonds is 3. The second-order valence-electron chi connectivity index (χ2n) is 4.80. The molecule has 1 heterocycles. The summed E-state index contributed by atoms with van der Waals surface area (Å²) in [5.41, 5.74) is 2.41. The molecular weight excluding hydrogens is 262 g/mol. The summed E-state index contributed by atoms with van der Waals surface area (Å²) in [5.74, 6) is 0.154. The molecule has 1 aromatic rings. The van der Waals surface area contributed by atoms with Crippen LogP contribution in [0.3, 0.4) is 0 Å². The van der Waals surface area contributed by atoms with Crippen LogP contribution >= 0.6 is 11.6 Å². The maximum absolute atomic E-state index is 11.3. The van der Waals surface area contributed by atoms with Crippen molar-refractivity contribution in [1.82, 2.24) is 10.2 Å². The summed E-state index contributed by atoms with van der Waals surface area (Å²) in [5, 5.41) is 3.93. The van der Waals surface area contributed by atoms with Crippen molar-refractivity contribution in [2.75, 3.05) is 38.1 Å². The molecule has 2 rings (SSSR count). The highest BCUT2D eigenvalue weighted by Gasteiger charge is 2.20. The van der Waals surface area contributed by atoms with Crippen molar-refractivity contribution in [1.29, 1.82) is 0 Å². The molecule has 104 valence electrons. The predicted molar refractivity (Wildman–Crippen MR) is 78.7 cm³/mol. The molecule has 0 aliphatic carbocycles. The Balaban J connectivity index is 2.14. The van der Waals surface area contributed by atoms with Crippen molar-refractivity contribution < 1.29 is 4.79 Å². The van der Waals surface area contributed by atoms with E-state index in [-0.39, 0.29) is 5.91 Å². The van der Waals surface area contributed by atoms with Gasteiger partial charge in [-0.05, 0) is 24.7 Å². The highest BCUT2D eigenvalue weighted by atomic mass is 35.5. The van der Waals surface area contributed by atoms with Gasteiger partial charge in [-0.1, -0.05) is 17.7 Å². The third kappa shape index (κ3) is 3.39. The minimum Gasteiger partial charge on any atom is -0.368 e. The number of amides is 1. The van der Waals surface area contributed by atoms with Crippen molar-refractivity contribution in [3.63, 3.8) is 0 Å². The van der Waals surface area contributed by atoms with Gasteiger partial charge in [0.05, 0.1) is 0 Å². The molecule has 1 aliphatic heterocycles. The Labute approximate surface area is 119 Å². The van der Waals surface area contributed by atoms with E-state index in [2.05, 4.69) is 16.3 Å². The van der Waals surface area contributed by atoms with E-state index in [1.807, 2.05) is 24.1 Å². The molecule has 0 radical (unpaired) electrons. The van der Waals surface area contributed by atoms with Crippen LogP contribution in [0.25, 0.3) is 0 Å². The molecule has 1 aliphatic rings. The molecule has 5 heteroatoms. The highest BCUT2D eigenvalue weighted by molar-refractivity contribution is 6.30. The zero-order valence-corrected chi connectivity index (χ0v) is 12.2. The van der Waals surface area contributed by atoms with E-state index in [9.17, 15) is 4.79 Å². The molecule has 0 atom stereocenters. The molecule has 19 heavy (non-hydrogen) atoms. The Hall–Kier alpha value is -1.26. The Bertz CT molecular complexity index is 456. The number of carbonyl (C=O) groups is 1. The van der Waals surface area contributed by atoms with E-state index in [4.69, 9.17) is 11.6 Å². The van der Waals surface area contributed by atoms with Crippen LogP contribution in [-0.2, 0) is 11.3 Å². The summed E-state index contributed by atoms with van der Waals surface area (Å²) in [4.78, 5) is 15.5. The van der Waals surface area contributed by atoms with Crippen molar-refractivity contribution in [3.05, 3.63) is 28.8 Å². The fraction of sp³-hybridized carbons (Fsp3) is 0.500. The number of carbonyl (C=O) groups excluding carboxylic acids is 1.